The van der Waals surface area contributed by atoms with Crippen LogP contribution in [0.15, 0.2) is 42.7 Å². The van der Waals surface area contributed by atoms with Gasteiger partial charge in [0.15, 0.2) is 5.82 Å². The van der Waals surface area contributed by atoms with Crippen molar-refractivity contribution in [1.82, 2.24) is 19.7 Å². The highest BCUT2D eigenvalue weighted by Crippen LogP contribution is 2.23. The Hall–Kier alpha value is -2.69. The molecule has 1 aromatic carbocycles. The lowest BCUT2D eigenvalue weighted by atomic mass is 10.2. The third-order valence-electron chi connectivity index (χ3n) is 3.16. The van der Waals surface area contributed by atoms with E-state index in [0.29, 0.717) is 11.7 Å². The van der Waals surface area contributed by atoms with Gasteiger partial charge in [-0.25, -0.2) is 14.6 Å². The molecule has 3 rings (SSSR count). The van der Waals surface area contributed by atoms with Crippen LogP contribution in [0, 0.1) is 20.8 Å². The third kappa shape index (κ3) is 2.76. The Morgan fingerprint density at radius 2 is 1.81 bits per heavy atom. The van der Waals surface area contributed by atoms with E-state index < -0.39 is 0 Å². The summed E-state index contributed by atoms with van der Waals surface area (Å²) in [5.41, 5.74) is 3.03. The third-order valence-corrected chi connectivity index (χ3v) is 3.16. The van der Waals surface area contributed by atoms with E-state index in [2.05, 4.69) is 15.1 Å². The number of hydrogen-bond donors (Lipinski definition) is 0. The lowest BCUT2D eigenvalue weighted by Gasteiger charge is -2.08. The summed E-state index contributed by atoms with van der Waals surface area (Å²) in [5.74, 6) is 1.98. The van der Waals surface area contributed by atoms with Gasteiger partial charge in [0.25, 0.3) is 0 Å². The Labute approximate surface area is 123 Å². The molecular weight excluding hydrogens is 264 g/mol. The van der Waals surface area contributed by atoms with E-state index in [4.69, 9.17) is 4.74 Å². The Morgan fingerprint density at radius 1 is 1.00 bits per heavy atom. The number of aromatic nitrogens is 4. The average molecular weight is 280 g/mol. The molecule has 0 fully saturated rings. The van der Waals surface area contributed by atoms with Gasteiger partial charge in [0.1, 0.15) is 12.1 Å². The van der Waals surface area contributed by atoms with Crippen LogP contribution in [-0.2, 0) is 0 Å². The number of ether oxygens (including phenoxy) is 1. The first-order valence-electron chi connectivity index (χ1n) is 6.72. The lowest BCUT2D eigenvalue weighted by Crippen LogP contribution is -2.03. The van der Waals surface area contributed by atoms with E-state index in [1.54, 1.807) is 10.7 Å². The van der Waals surface area contributed by atoms with Crippen LogP contribution < -0.4 is 4.74 Å². The molecule has 0 atom stereocenters. The molecular formula is C16H16N4O. The molecule has 0 aliphatic rings. The molecule has 0 spiro atoms. The number of nitrogens with zero attached hydrogens (tertiary/aromatic N) is 4. The minimum Gasteiger partial charge on any atom is -0.439 e. The largest absolute Gasteiger partial charge is 0.439 e. The van der Waals surface area contributed by atoms with Gasteiger partial charge in [-0.15, -0.1) is 0 Å². The summed E-state index contributed by atoms with van der Waals surface area (Å²) in [6.45, 7) is 5.94. The van der Waals surface area contributed by atoms with E-state index in [1.165, 1.54) is 6.33 Å². The second-order valence-electron chi connectivity index (χ2n) is 4.92. The first-order chi connectivity index (χ1) is 10.1. The number of para-hydroxylation sites is 1. The van der Waals surface area contributed by atoms with E-state index in [0.717, 1.165) is 22.7 Å². The van der Waals surface area contributed by atoms with Crippen LogP contribution >= 0.6 is 0 Å². The first kappa shape index (κ1) is 13.3. The van der Waals surface area contributed by atoms with Crippen LogP contribution in [0.2, 0.25) is 0 Å². The number of benzene rings is 1. The highest BCUT2D eigenvalue weighted by atomic mass is 16.5. The van der Waals surface area contributed by atoms with Gasteiger partial charge in [-0.2, -0.15) is 5.10 Å². The Morgan fingerprint density at radius 3 is 2.52 bits per heavy atom. The number of hydrogen-bond acceptors (Lipinski definition) is 4. The Kier molecular flexibility index (Phi) is 3.39. The molecule has 5 heteroatoms. The van der Waals surface area contributed by atoms with Crippen molar-refractivity contribution in [3.63, 3.8) is 0 Å². The van der Waals surface area contributed by atoms with Crippen LogP contribution in [0.4, 0.5) is 0 Å². The van der Waals surface area contributed by atoms with Crippen molar-refractivity contribution in [2.75, 3.05) is 0 Å². The molecule has 106 valence electrons. The average Bonchev–Trinajstić information content (AvgIpc) is 2.81. The molecule has 21 heavy (non-hydrogen) atoms. The van der Waals surface area contributed by atoms with Crippen LogP contribution in [0.5, 0.6) is 11.6 Å². The van der Waals surface area contributed by atoms with Gasteiger partial charge in [0, 0.05) is 11.8 Å². The molecule has 0 amide bonds. The smallest absolute Gasteiger partial charge is 0.224 e. The molecule has 0 bridgehead atoms. The van der Waals surface area contributed by atoms with Gasteiger partial charge in [-0.05, 0) is 38.5 Å². The minimum absolute atomic E-state index is 0.502. The highest BCUT2D eigenvalue weighted by Gasteiger charge is 2.08. The quantitative estimate of drug-likeness (QED) is 0.738. The highest BCUT2D eigenvalue weighted by molar-refractivity contribution is 5.36. The molecule has 2 aromatic heterocycles. The molecule has 0 saturated heterocycles. The summed E-state index contributed by atoms with van der Waals surface area (Å²) in [7, 11) is 0. The van der Waals surface area contributed by atoms with Crippen molar-refractivity contribution in [3.8, 4) is 17.4 Å². The first-order valence-corrected chi connectivity index (χ1v) is 6.72. The molecule has 2 heterocycles. The summed E-state index contributed by atoms with van der Waals surface area (Å²) in [6, 6.07) is 11.6. The maximum Gasteiger partial charge on any atom is 0.224 e. The van der Waals surface area contributed by atoms with Crippen molar-refractivity contribution in [2.24, 2.45) is 0 Å². The van der Waals surface area contributed by atoms with Crippen molar-refractivity contribution < 1.29 is 4.74 Å². The molecule has 0 saturated carbocycles. The van der Waals surface area contributed by atoms with Gasteiger partial charge >= 0.3 is 0 Å². The zero-order valence-electron chi connectivity index (χ0n) is 12.2. The van der Waals surface area contributed by atoms with Crippen LogP contribution in [0.25, 0.3) is 5.82 Å². The number of aryl methyl sites for hydroxylation is 3. The fourth-order valence-corrected chi connectivity index (χ4v) is 2.15. The molecule has 0 radical (unpaired) electrons. The molecule has 0 unspecified atom stereocenters. The summed E-state index contributed by atoms with van der Waals surface area (Å²) in [4.78, 5) is 8.42. The fraction of sp³-hybridized carbons (Fsp3) is 0.188. The molecule has 0 N–H and O–H groups in total. The van der Waals surface area contributed by atoms with Crippen molar-refractivity contribution in [3.05, 3.63) is 59.7 Å². The second kappa shape index (κ2) is 5.36. The van der Waals surface area contributed by atoms with Crippen LogP contribution in [-0.4, -0.2) is 19.7 Å². The van der Waals surface area contributed by atoms with E-state index in [-0.39, 0.29) is 0 Å². The van der Waals surface area contributed by atoms with Gasteiger partial charge in [0.05, 0.1) is 5.69 Å². The van der Waals surface area contributed by atoms with Gasteiger partial charge < -0.3 is 4.74 Å². The van der Waals surface area contributed by atoms with Crippen LogP contribution in [0.3, 0.4) is 0 Å². The van der Waals surface area contributed by atoms with Gasteiger partial charge in [-0.1, -0.05) is 18.2 Å². The molecule has 3 aromatic rings. The predicted octanol–water partition coefficient (Wildman–Crippen LogP) is 3.38. The predicted molar refractivity (Wildman–Crippen MR) is 79.9 cm³/mol. The number of rotatable bonds is 3. The summed E-state index contributed by atoms with van der Waals surface area (Å²) in [5, 5.41) is 4.42. The Bertz CT molecular complexity index is 779. The molecule has 5 nitrogen and oxygen atoms in total. The van der Waals surface area contributed by atoms with E-state index in [1.807, 2.05) is 51.1 Å². The Balaban J connectivity index is 1.94. The SMILES string of the molecule is Cc1cc(C)n(-c2cc(Oc3ccccc3C)ncn2)n1. The monoisotopic (exact) mass is 280 g/mol. The van der Waals surface area contributed by atoms with Crippen molar-refractivity contribution in [1.29, 1.82) is 0 Å². The maximum atomic E-state index is 5.83. The second-order valence-corrected chi connectivity index (χ2v) is 4.92. The molecule has 0 aliphatic carbocycles. The standard InChI is InChI=1S/C16H16N4O/c1-11-6-4-5-7-14(11)21-16-9-15(17-10-18-16)20-13(3)8-12(2)19-20/h4-10H,1-3H3. The van der Waals surface area contributed by atoms with E-state index in [9.17, 15) is 0 Å². The van der Waals surface area contributed by atoms with Gasteiger partial charge in [-0.3, -0.25) is 0 Å². The lowest BCUT2D eigenvalue weighted by molar-refractivity contribution is 0.457. The van der Waals surface area contributed by atoms with Crippen molar-refractivity contribution >= 4 is 0 Å². The zero-order valence-corrected chi connectivity index (χ0v) is 12.2. The normalized spacial score (nSPS) is 10.6. The van der Waals surface area contributed by atoms with E-state index >= 15 is 0 Å². The fourth-order valence-electron chi connectivity index (χ4n) is 2.15. The zero-order chi connectivity index (χ0) is 14.8. The minimum atomic E-state index is 0.502. The molecule has 0 aliphatic heterocycles. The summed E-state index contributed by atoms with van der Waals surface area (Å²) < 4.78 is 7.61. The maximum absolute atomic E-state index is 5.83. The van der Waals surface area contributed by atoms with Crippen LogP contribution in [0.1, 0.15) is 17.0 Å². The summed E-state index contributed by atoms with van der Waals surface area (Å²) in [6.07, 6.45) is 1.49. The van der Waals surface area contributed by atoms with Crippen molar-refractivity contribution in [2.45, 2.75) is 20.8 Å². The topological polar surface area (TPSA) is 52.8 Å². The van der Waals surface area contributed by atoms with Gasteiger partial charge in [0.2, 0.25) is 5.88 Å². The summed E-state index contributed by atoms with van der Waals surface area (Å²) >= 11 is 0.